The molecule has 0 aliphatic rings. The van der Waals surface area contributed by atoms with Crippen LogP contribution in [0, 0.1) is 0 Å². The van der Waals surface area contributed by atoms with Gasteiger partial charge in [0.1, 0.15) is 17.4 Å². The molecule has 1 heterocycles. The number of nitrogens with one attached hydrogen (secondary N) is 2. The van der Waals surface area contributed by atoms with E-state index in [1.807, 2.05) is 30.5 Å². The van der Waals surface area contributed by atoms with Crippen molar-refractivity contribution < 1.29 is 9.84 Å². The number of methoxy groups -OCH3 is 1. The molecule has 0 bridgehead atoms. The van der Waals surface area contributed by atoms with Gasteiger partial charge in [0.25, 0.3) is 0 Å². The normalized spacial score (nSPS) is 13.2. The molecule has 0 aliphatic heterocycles. The Balaban J connectivity index is 2.50. The highest BCUT2D eigenvalue weighted by Gasteiger charge is 2.18. The van der Waals surface area contributed by atoms with Crippen molar-refractivity contribution in [1.82, 2.24) is 15.2 Å². The van der Waals surface area contributed by atoms with E-state index in [0.717, 1.165) is 58.5 Å². The summed E-state index contributed by atoms with van der Waals surface area (Å²) in [6.45, 7) is 13.6. The molecular weight excluding hydrogens is 400 g/mol. The Morgan fingerprint density at radius 1 is 1.22 bits per heavy atom. The highest BCUT2D eigenvalue weighted by atomic mass is 16.5. The van der Waals surface area contributed by atoms with Crippen molar-refractivity contribution in [3.63, 3.8) is 0 Å². The summed E-state index contributed by atoms with van der Waals surface area (Å²) in [7, 11) is 3.47. The summed E-state index contributed by atoms with van der Waals surface area (Å²) in [4.78, 5) is 4.38. The van der Waals surface area contributed by atoms with Crippen LogP contribution in [0.4, 0.5) is 0 Å². The molecule has 6 heteroatoms. The van der Waals surface area contributed by atoms with Gasteiger partial charge in [0, 0.05) is 31.8 Å². The van der Waals surface area contributed by atoms with Gasteiger partial charge in [-0.05, 0) is 43.2 Å². The second kappa shape index (κ2) is 11.8. The minimum atomic E-state index is -0.922. The molecule has 3 N–H and O–H groups in total. The van der Waals surface area contributed by atoms with Crippen LogP contribution in [0.5, 0.6) is 5.75 Å². The van der Waals surface area contributed by atoms with Gasteiger partial charge in [0.15, 0.2) is 0 Å². The molecular formula is C26H40N4O2. The zero-order chi connectivity index (χ0) is 23.7. The Hall–Kier alpha value is -2.73. The molecule has 1 aromatic carbocycles. The molecule has 0 saturated heterocycles. The van der Waals surface area contributed by atoms with Crippen molar-refractivity contribution in [1.29, 1.82) is 0 Å². The first-order chi connectivity index (χ1) is 15.2. The zero-order valence-electron chi connectivity index (χ0n) is 20.6. The van der Waals surface area contributed by atoms with Crippen LogP contribution in [0.2, 0.25) is 0 Å². The molecule has 6 nitrogen and oxygen atoms in total. The van der Waals surface area contributed by atoms with E-state index in [-0.39, 0.29) is 0 Å². The van der Waals surface area contributed by atoms with Gasteiger partial charge in [-0.2, -0.15) is 0 Å². The molecule has 0 spiro atoms. The fourth-order valence-electron chi connectivity index (χ4n) is 3.62. The third kappa shape index (κ3) is 6.63. The number of aromatic nitrogens is 1. The number of unbranched alkanes of at least 4 members (excludes halogenated alkanes) is 2. The molecule has 1 aromatic heterocycles. The average Bonchev–Trinajstić information content (AvgIpc) is 3.12. The van der Waals surface area contributed by atoms with Gasteiger partial charge in [-0.25, -0.2) is 0 Å². The van der Waals surface area contributed by atoms with Crippen molar-refractivity contribution >= 4 is 18.2 Å². The molecule has 0 amide bonds. The lowest BCUT2D eigenvalue weighted by Crippen LogP contribution is -2.43. The number of aliphatic imine (C=N–C) groups is 1. The molecule has 0 saturated carbocycles. The summed E-state index contributed by atoms with van der Waals surface area (Å²) >= 11 is 0. The molecule has 0 fully saturated rings. The van der Waals surface area contributed by atoms with E-state index in [0.29, 0.717) is 6.54 Å². The maximum Gasteiger partial charge on any atom is 0.129 e. The van der Waals surface area contributed by atoms with Crippen LogP contribution >= 0.6 is 0 Å². The van der Waals surface area contributed by atoms with Crippen LogP contribution < -0.4 is 25.9 Å². The zero-order valence-corrected chi connectivity index (χ0v) is 20.6. The number of hydrogen-bond acceptors (Lipinski definition) is 4. The average molecular weight is 441 g/mol. The molecule has 2 aromatic rings. The fraction of sp³-hybridized carbons (Fsp3) is 0.500. The topological polar surface area (TPSA) is 70.8 Å². The lowest BCUT2D eigenvalue weighted by atomic mass is 9.96. The lowest BCUT2D eigenvalue weighted by molar-refractivity contribution is 0.0783. The Bertz CT molecular complexity index is 1020. The quantitative estimate of drug-likeness (QED) is 0.285. The second-order valence-electron chi connectivity index (χ2n) is 8.56. The Labute approximate surface area is 192 Å². The highest BCUT2D eigenvalue weighted by molar-refractivity contribution is 5.87. The van der Waals surface area contributed by atoms with E-state index in [2.05, 4.69) is 40.6 Å². The number of benzene rings is 1. The first-order valence-electron chi connectivity index (χ1n) is 11.5. The van der Waals surface area contributed by atoms with E-state index in [4.69, 9.17) is 4.74 Å². The SMILES string of the molecule is C=c1ccn(Cc2ccc(C(C)(C)O)cc2OC)/c1=C(\NCCCCC)NC(CC)=NC. The number of nitrogens with zero attached hydrogens (tertiary/aromatic N) is 2. The maximum absolute atomic E-state index is 10.4. The smallest absolute Gasteiger partial charge is 0.129 e. The number of amidine groups is 1. The third-order valence-electron chi connectivity index (χ3n) is 5.57. The van der Waals surface area contributed by atoms with Gasteiger partial charge in [0.2, 0.25) is 0 Å². The van der Waals surface area contributed by atoms with Gasteiger partial charge in [-0.3, -0.25) is 4.99 Å². The van der Waals surface area contributed by atoms with Crippen LogP contribution in [0.1, 0.15) is 64.5 Å². The fourth-order valence-corrected chi connectivity index (χ4v) is 3.62. The first kappa shape index (κ1) is 25.5. The van der Waals surface area contributed by atoms with Crippen molar-refractivity contribution in [2.45, 2.75) is 65.5 Å². The number of rotatable bonds is 11. The molecule has 0 radical (unpaired) electrons. The van der Waals surface area contributed by atoms with Gasteiger partial charge >= 0.3 is 0 Å². The van der Waals surface area contributed by atoms with Crippen LogP contribution in [-0.4, -0.2) is 36.2 Å². The Morgan fingerprint density at radius 3 is 2.56 bits per heavy atom. The predicted octanol–water partition coefficient (Wildman–Crippen LogP) is 3.06. The summed E-state index contributed by atoms with van der Waals surface area (Å²) in [6, 6.07) is 7.91. The molecule has 0 unspecified atom stereocenters. The first-order valence-corrected chi connectivity index (χ1v) is 11.5. The monoisotopic (exact) mass is 440 g/mol. The van der Waals surface area contributed by atoms with Crippen LogP contribution in [-0.2, 0) is 12.1 Å². The van der Waals surface area contributed by atoms with Crippen molar-refractivity contribution in [2.75, 3.05) is 20.7 Å². The summed E-state index contributed by atoms with van der Waals surface area (Å²) in [5.41, 5.74) is 0.929. The lowest BCUT2D eigenvalue weighted by Gasteiger charge is -2.20. The summed E-state index contributed by atoms with van der Waals surface area (Å²) in [5.74, 6) is 2.59. The van der Waals surface area contributed by atoms with Crippen LogP contribution in [0.15, 0.2) is 35.5 Å². The highest BCUT2D eigenvalue weighted by Crippen LogP contribution is 2.27. The predicted molar refractivity (Wildman–Crippen MR) is 134 cm³/mol. The van der Waals surface area contributed by atoms with Gasteiger partial charge in [0.05, 0.1) is 24.6 Å². The van der Waals surface area contributed by atoms with Crippen molar-refractivity contribution in [3.8, 4) is 5.75 Å². The van der Waals surface area contributed by atoms with E-state index in [1.54, 1.807) is 28.0 Å². The largest absolute Gasteiger partial charge is 0.496 e. The standard InChI is InChI=1S/C26H40N4O2/c1-8-10-11-15-28-25(29-23(9-2)27-6)24-19(3)14-16-30(24)18-20-12-13-21(26(4,5)31)17-22(20)32-7/h12-14,16-17,28,31H,3,8-11,15,18H2,1-2,4-7H3,(H,27,29)/b25-24+. The molecule has 32 heavy (non-hydrogen) atoms. The Kier molecular flexibility index (Phi) is 9.39. The molecule has 0 atom stereocenters. The molecule has 176 valence electrons. The molecule has 2 rings (SSSR count). The van der Waals surface area contributed by atoms with Crippen molar-refractivity contribution in [3.05, 3.63) is 52.2 Å². The second-order valence-corrected chi connectivity index (χ2v) is 8.56. The summed E-state index contributed by atoms with van der Waals surface area (Å²) in [6.07, 6.45) is 6.33. The minimum Gasteiger partial charge on any atom is -0.496 e. The number of aliphatic hydroxyl groups is 1. The third-order valence-corrected chi connectivity index (χ3v) is 5.57. The van der Waals surface area contributed by atoms with Crippen molar-refractivity contribution in [2.24, 2.45) is 4.99 Å². The summed E-state index contributed by atoms with van der Waals surface area (Å²) in [5, 5.41) is 19.4. The van der Waals surface area contributed by atoms with Gasteiger partial charge in [-0.1, -0.05) is 45.4 Å². The molecule has 0 aliphatic carbocycles. The maximum atomic E-state index is 10.4. The van der Waals surface area contributed by atoms with E-state index in [9.17, 15) is 5.11 Å². The minimum absolute atomic E-state index is 0.618. The van der Waals surface area contributed by atoms with Crippen LogP contribution in [0.25, 0.3) is 12.4 Å². The number of hydrogen-bond donors (Lipinski definition) is 3. The van der Waals surface area contributed by atoms with Gasteiger partial charge in [-0.15, -0.1) is 0 Å². The Morgan fingerprint density at radius 2 is 1.97 bits per heavy atom. The van der Waals surface area contributed by atoms with Gasteiger partial charge < -0.3 is 25.0 Å². The van der Waals surface area contributed by atoms with E-state index >= 15 is 0 Å². The summed E-state index contributed by atoms with van der Waals surface area (Å²) < 4.78 is 7.82. The van der Waals surface area contributed by atoms with E-state index < -0.39 is 5.60 Å². The van der Waals surface area contributed by atoms with Crippen LogP contribution in [0.3, 0.4) is 0 Å². The number of ether oxygens (including phenoxy) is 1. The van der Waals surface area contributed by atoms with E-state index in [1.165, 1.54) is 12.8 Å².